The lowest BCUT2D eigenvalue weighted by molar-refractivity contribution is 0.581. The van der Waals surface area contributed by atoms with Crippen LogP contribution in [0.1, 0.15) is 5.56 Å². The third kappa shape index (κ3) is 1.82. The lowest BCUT2D eigenvalue weighted by Gasteiger charge is -2.00. The molecule has 0 saturated heterocycles. The van der Waals surface area contributed by atoms with E-state index in [4.69, 9.17) is 23.2 Å². The van der Waals surface area contributed by atoms with Gasteiger partial charge in [-0.25, -0.2) is 8.78 Å². The summed E-state index contributed by atoms with van der Waals surface area (Å²) in [5.41, 5.74) is 0.269. The fourth-order valence-corrected chi connectivity index (χ4v) is 1.16. The third-order valence-electron chi connectivity index (χ3n) is 1.21. The highest BCUT2D eigenvalue weighted by molar-refractivity contribution is 6.32. The summed E-state index contributed by atoms with van der Waals surface area (Å²) in [6, 6.07) is 1.83. The molecule has 60 valence electrons. The normalized spacial score (nSPS) is 10.2. The van der Waals surface area contributed by atoms with Gasteiger partial charge in [-0.3, -0.25) is 0 Å². The number of benzene rings is 1. The Labute approximate surface area is 72.7 Å². The molecule has 0 aliphatic heterocycles. The van der Waals surface area contributed by atoms with E-state index in [-0.39, 0.29) is 16.5 Å². The second-order valence-corrected chi connectivity index (χ2v) is 2.64. The number of hydrogen-bond acceptors (Lipinski definition) is 0. The molecule has 1 aromatic rings. The minimum absolute atomic E-state index is 0.00745. The Morgan fingerprint density at radius 3 is 2.45 bits per heavy atom. The van der Waals surface area contributed by atoms with Gasteiger partial charge in [0.2, 0.25) is 0 Å². The molecule has 0 saturated carbocycles. The molecule has 0 N–H and O–H groups in total. The number of halogens is 4. The molecule has 11 heavy (non-hydrogen) atoms. The van der Waals surface area contributed by atoms with E-state index in [9.17, 15) is 8.78 Å². The maximum Gasteiger partial charge on any atom is 0.145 e. The van der Waals surface area contributed by atoms with Gasteiger partial charge in [0.05, 0.1) is 5.02 Å². The average molecular weight is 197 g/mol. The van der Waals surface area contributed by atoms with Crippen LogP contribution in [0, 0.1) is 11.6 Å². The lowest BCUT2D eigenvalue weighted by Crippen LogP contribution is -1.87. The van der Waals surface area contributed by atoms with Crippen LogP contribution in [0.2, 0.25) is 5.02 Å². The first kappa shape index (κ1) is 8.75. The van der Waals surface area contributed by atoms with E-state index in [0.29, 0.717) is 0 Å². The van der Waals surface area contributed by atoms with Gasteiger partial charge in [0.1, 0.15) is 11.6 Å². The Morgan fingerprint density at radius 2 is 1.91 bits per heavy atom. The van der Waals surface area contributed by atoms with Crippen molar-refractivity contribution in [3.63, 3.8) is 0 Å². The van der Waals surface area contributed by atoms with Crippen LogP contribution in [0.25, 0.3) is 0 Å². The minimum Gasteiger partial charge on any atom is -0.207 e. The van der Waals surface area contributed by atoms with Gasteiger partial charge in [0, 0.05) is 11.9 Å². The fraction of sp³-hybridized carbons (Fsp3) is 0.143. The Bertz CT molecular complexity index is 273. The van der Waals surface area contributed by atoms with Crippen LogP contribution in [-0.4, -0.2) is 0 Å². The highest BCUT2D eigenvalue weighted by Crippen LogP contribution is 2.22. The Kier molecular flexibility index (Phi) is 2.68. The van der Waals surface area contributed by atoms with Crippen LogP contribution in [0.5, 0.6) is 0 Å². The molecule has 0 aliphatic rings. The number of alkyl halides is 1. The molecule has 0 spiro atoms. The van der Waals surface area contributed by atoms with Gasteiger partial charge in [-0.2, -0.15) is 0 Å². The molecule has 0 heterocycles. The molecule has 4 heteroatoms. The van der Waals surface area contributed by atoms with Crippen molar-refractivity contribution >= 4 is 23.2 Å². The Hall–Kier alpha value is -0.340. The predicted molar refractivity (Wildman–Crippen MR) is 40.9 cm³/mol. The quantitative estimate of drug-likeness (QED) is 0.478. The van der Waals surface area contributed by atoms with Crippen LogP contribution in [0.15, 0.2) is 12.1 Å². The molecule has 0 bridgehead atoms. The molecule has 0 amide bonds. The van der Waals surface area contributed by atoms with Crippen molar-refractivity contribution in [3.8, 4) is 0 Å². The predicted octanol–water partition coefficient (Wildman–Crippen LogP) is 3.36. The summed E-state index contributed by atoms with van der Waals surface area (Å²) in [6.07, 6.45) is 0. The zero-order valence-electron chi connectivity index (χ0n) is 5.37. The molecule has 0 unspecified atom stereocenters. The van der Waals surface area contributed by atoms with Gasteiger partial charge < -0.3 is 0 Å². The summed E-state index contributed by atoms with van der Waals surface area (Å²) in [5.74, 6) is -1.43. The van der Waals surface area contributed by atoms with Crippen LogP contribution in [0.3, 0.4) is 0 Å². The molecule has 0 nitrogen and oxygen atoms in total. The average Bonchev–Trinajstić information content (AvgIpc) is 1.96. The standard InChI is InChI=1S/C7H4Cl2F2/c8-3-4-1-5(10)2-6(11)7(4)9/h1-2H,3H2. The van der Waals surface area contributed by atoms with Crippen molar-refractivity contribution in [3.05, 3.63) is 34.4 Å². The molecule has 0 fully saturated rings. The SMILES string of the molecule is Fc1cc(F)c(Cl)c(CCl)c1. The highest BCUT2D eigenvalue weighted by atomic mass is 35.5. The van der Waals surface area contributed by atoms with E-state index < -0.39 is 11.6 Å². The van der Waals surface area contributed by atoms with Gasteiger partial charge >= 0.3 is 0 Å². The smallest absolute Gasteiger partial charge is 0.145 e. The number of rotatable bonds is 1. The summed E-state index contributed by atoms with van der Waals surface area (Å²) >= 11 is 10.8. The second kappa shape index (κ2) is 3.37. The van der Waals surface area contributed by atoms with E-state index in [2.05, 4.69) is 0 Å². The summed E-state index contributed by atoms with van der Waals surface area (Å²) in [7, 11) is 0. The summed E-state index contributed by atoms with van der Waals surface area (Å²) in [4.78, 5) is 0. The molecule has 1 rings (SSSR count). The lowest BCUT2D eigenvalue weighted by atomic mass is 10.2. The summed E-state index contributed by atoms with van der Waals surface area (Å²) in [6.45, 7) is 0. The topological polar surface area (TPSA) is 0 Å². The monoisotopic (exact) mass is 196 g/mol. The van der Waals surface area contributed by atoms with Crippen LogP contribution in [-0.2, 0) is 5.88 Å². The van der Waals surface area contributed by atoms with Crippen molar-refractivity contribution in [1.82, 2.24) is 0 Å². The number of hydrogen-bond donors (Lipinski definition) is 0. The largest absolute Gasteiger partial charge is 0.207 e. The zero-order chi connectivity index (χ0) is 8.43. The second-order valence-electron chi connectivity index (χ2n) is 1.99. The fourth-order valence-electron chi connectivity index (χ4n) is 0.707. The molecule has 0 atom stereocenters. The zero-order valence-corrected chi connectivity index (χ0v) is 6.89. The van der Waals surface area contributed by atoms with Crippen molar-refractivity contribution in [1.29, 1.82) is 0 Å². The molecular weight excluding hydrogens is 193 g/mol. The van der Waals surface area contributed by atoms with Crippen LogP contribution in [0.4, 0.5) is 8.78 Å². The molecule has 0 radical (unpaired) electrons. The molecular formula is C7H4Cl2F2. The summed E-state index contributed by atoms with van der Waals surface area (Å²) in [5, 5.41) is -0.110. The molecule has 0 aromatic heterocycles. The van der Waals surface area contributed by atoms with E-state index >= 15 is 0 Å². The first-order chi connectivity index (χ1) is 5.15. The van der Waals surface area contributed by atoms with E-state index in [1.54, 1.807) is 0 Å². The van der Waals surface area contributed by atoms with Crippen LogP contribution >= 0.6 is 23.2 Å². The first-order valence-corrected chi connectivity index (χ1v) is 3.75. The van der Waals surface area contributed by atoms with Crippen molar-refractivity contribution in [2.75, 3.05) is 0 Å². The van der Waals surface area contributed by atoms with E-state index in [0.717, 1.165) is 12.1 Å². The molecule has 0 aliphatic carbocycles. The van der Waals surface area contributed by atoms with Gasteiger partial charge in [-0.1, -0.05) is 11.6 Å². The van der Waals surface area contributed by atoms with Crippen molar-refractivity contribution < 1.29 is 8.78 Å². The van der Waals surface area contributed by atoms with Gasteiger partial charge in [0.15, 0.2) is 0 Å². The van der Waals surface area contributed by atoms with Crippen LogP contribution < -0.4 is 0 Å². The van der Waals surface area contributed by atoms with Gasteiger partial charge in [-0.15, -0.1) is 11.6 Å². The Morgan fingerprint density at radius 1 is 1.27 bits per heavy atom. The van der Waals surface area contributed by atoms with E-state index in [1.807, 2.05) is 0 Å². The Balaban J connectivity index is 3.24. The van der Waals surface area contributed by atoms with E-state index in [1.165, 1.54) is 0 Å². The third-order valence-corrected chi connectivity index (χ3v) is 1.92. The summed E-state index contributed by atoms with van der Waals surface area (Å²) < 4.78 is 25.0. The van der Waals surface area contributed by atoms with Gasteiger partial charge in [-0.05, 0) is 11.6 Å². The first-order valence-electron chi connectivity index (χ1n) is 2.84. The maximum absolute atomic E-state index is 12.6. The molecule has 1 aromatic carbocycles. The minimum atomic E-state index is -0.776. The van der Waals surface area contributed by atoms with Gasteiger partial charge in [0.25, 0.3) is 0 Å². The van der Waals surface area contributed by atoms with Crippen molar-refractivity contribution in [2.24, 2.45) is 0 Å². The highest BCUT2D eigenvalue weighted by Gasteiger charge is 2.07. The maximum atomic E-state index is 12.6. The van der Waals surface area contributed by atoms with Crippen molar-refractivity contribution in [2.45, 2.75) is 5.88 Å².